The Labute approximate surface area is 161 Å². The summed E-state index contributed by atoms with van der Waals surface area (Å²) < 4.78 is 37.7. The van der Waals surface area contributed by atoms with Gasteiger partial charge < -0.3 is 9.26 Å². The molecule has 0 saturated carbocycles. The lowest BCUT2D eigenvalue weighted by Crippen LogP contribution is -2.37. The first-order chi connectivity index (χ1) is 13.1. The van der Waals surface area contributed by atoms with E-state index in [1.165, 1.54) is 4.31 Å². The van der Waals surface area contributed by atoms with E-state index in [9.17, 15) is 8.42 Å². The van der Waals surface area contributed by atoms with Crippen LogP contribution < -0.4 is 4.74 Å². The molecule has 27 heavy (non-hydrogen) atoms. The molecule has 0 unspecified atom stereocenters. The summed E-state index contributed by atoms with van der Waals surface area (Å²) in [7, 11) is -1.96. The van der Waals surface area contributed by atoms with Crippen LogP contribution in [-0.4, -0.2) is 43.1 Å². The van der Waals surface area contributed by atoms with Gasteiger partial charge in [-0.15, -0.1) is 11.3 Å². The van der Waals surface area contributed by atoms with Gasteiger partial charge in [-0.05, 0) is 48.6 Å². The summed E-state index contributed by atoms with van der Waals surface area (Å²) in [6, 6.07) is 10.4. The van der Waals surface area contributed by atoms with Gasteiger partial charge in [0.2, 0.25) is 21.7 Å². The Hall–Kier alpha value is -2.23. The van der Waals surface area contributed by atoms with E-state index in [4.69, 9.17) is 9.26 Å². The maximum Gasteiger partial charge on any atom is 0.243 e. The van der Waals surface area contributed by atoms with Crippen LogP contribution in [0.5, 0.6) is 5.75 Å². The van der Waals surface area contributed by atoms with E-state index in [0.717, 1.165) is 4.88 Å². The molecule has 0 radical (unpaired) electrons. The molecule has 1 fully saturated rings. The molecule has 2 aromatic heterocycles. The predicted octanol–water partition coefficient (Wildman–Crippen LogP) is 3.38. The van der Waals surface area contributed by atoms with Crippen molar-refractivity contribution in [3.8, 4) is 16.5 Å². The maximum atomic E-state index is 12.8. The Bertz CT molecular complexity index is 990. The van der Waals surface area contributed by atoms with Crippen LogP contribution in [0.2, 0.25) is 0 Å². The van der Waals surface area contributed by atoms with Crippen molar-refractivity contribution in [3.63, 3.8) is 0 Å². The number of methoxy groups -OCH3 is 1. The van der Waals surface area contributed by atoms with Crippen LogP contribution in [0, 0.1) is 0 Å². The largest absolute Gasteiger partial charge is 0.497 e. The normalized spacial score (nSPS) is 16.5. The molecule has 0 atom stereocenters. The lowest BCUT2D eigenvalue weighted by Gasteiger charge is -2.29. The second kappa shape index (κ2) is 7.41. The second-order valence-electron chi connectivity index (χ2n) is 6.29. The molecule has 7 nitrogen and oxygen atoms in total. The van der Waals surface area contributed by atoms with Gasteiger partial charge in [-0.1, -0.05) is 11.2 Å². The van der Waals surface area contributed by atoms with E-state index in [2.05, 4.69) is 10.1 Å². The zero-order valence-corrected chi connectivity index (χ0v) is 16.4. The highest BCUT2D eigenvalue weighted by Gasteiger charge is 2.32. The SMILES string of the molecule is COc1ccc(S(=O)(=O)N2CCC(c3nc(-c4cccs4)no3)CC2)cc1. The van der Waals surface area contributed by atoms with Gasteiger partial charge in [0, 0.05) is 19.0 Å². The summed E-state index contributed by atoms with van der Waals surface area (Å²) in [6.45, 7) is 0.853. The number of hydrogen-bond acceptors (Lipinski definition) is 7. The number of piperidine rings is 1. The van der Waals surface area contributed by atoms with Crippen molar-refractivity contribution >= 4 is 21.4 Å². The van der Waals surface area contributed by atoms with Gasteiger partial charge in [0.1, 0.15) is 5.75 Å². The Balaban J connectivity index is 1.43. The number of aromatic nitrogens is 2. The standard InChI is InChI=1S/C18H19N3O4S2/c1-24-14-4-6-15(7-5-14)27(22,23)21-10-8-13(9-11-21)18-19-17(20-25-18)16-3-2-12-26-16/h2-7,12-13H,8-11H2,1H3. The van der Waals surface area contributed by atoms with E-state index >= 15 is 0 Å². The van der Waals surface area contributed by atoms with E-state index in [1.807, 2.05) is 17.5 Å². The summed E-state index contributed by atoms with van der Waals surface area (Å²) in [5.41, 5.74) is 0. The fourth-order valence-electron chi connectivity index (χ4n) is 3.15. The Morgan fingerprint density at radius 1 is 1.19 bits per heavy atom. The molecule has 1 saturated heterocycles. The Morgan fingerprint density at radius 2 is 1.93 bits per heavy atom. The number of hydrogen-bond donors (Lipinski definition) is 0. The molecule has 1 aliphatic rings. The van der Waals surface area contributed by atoms with Crippen LogP contribution in [0.25, 0.3) is 10.7 Å². The van der Waals surface area contributed by atoms with Crippen molar-refractivity contribution in [3.05, 3.63) is 47.7 Å². The predicted molar refractivity (Wildman–Crippen MR) is 101 cm³/mol. The van der Waals surface area contributed by atoms with E-state index in [1.54, 1.807) is 42.7 Å². The third-order valence-corrected chi connectivity index (χ3v) is 7.46. The fourth-order valence-corrected chi connectivity index (χ4v) is 5.27. The topological polar surface area (TPSA) is 85.5 Å². The molecule has 4 rings (SSSR count). The van der Waals surface area contributed by atoms with Gasteiger partial charge in [-0.2, -0.15) is 9.29 Å². The zero-order valence-electron chi connectivity index (χ0n) is 14.7. The molecule has 142 valence electrons. The Kier molecular flexibility index (Phi) is 4.98. The average molecular weight is 406 g/mol. The molecule has 3 heterocycles. The van der Waals surface area contributed by atoms with Crippen molar-refractivity contribution in [1.29, 1.82) is 0 Å². The van der Waals surface area contributed by atoms with Gasteiger partial charge in [-0.3, -0.25) is 0 Å². The fraction of sp³-hybridized carbons (Fsp3) is 0.333. The van der Waals surface area contributed by atoms with Crippen LogP contribution >= 0.6 is 11.3 Å². The van der Waals surface area contributed by atoms with Crippen molar-refractivity contribution < 1.29 is 17.7 Å². The third kappa shape index (κ3) is 3.62. The van der Waals surface area contributed by atoms with E-state index < -0.39 is 10.0 Å². The number of benzene rings is 1. The Morgan fingerprint density at radius 3 is 2.56 bits per heavy atom. The molecule has 1 aromatic carbocycles. The summed E-state index contributed by atoms with van der Waals surface area (Å²) in [4.78, 5) is 5.73. The molecule has 0 spiro atoms. The van der Waals surface area contributed by atoms with Gasteiger partial charge in [0.15, 0.2) is 0 Å². The van der Waals surface area contributed by atoms with E-state index in [0.29, 0.717) is 43.4 Å². The van der Waals surface area contributed by atoms with E-state index in [-0.39, 0.29) is 10.8 Å². The van der Waals surface area contributed by atoms with Gasteiger partial charge in [0.25, 0.3) is 0 Å². The van der Waals surface area contributed by atoms with Gasteiger partial charge in [-0.25, -0.2) is 8.42 Å². The van der Waals surface area contributed by atoms with Crippen LogP contribution in [0.3, 0.4) is 0 Å². The molecule has 3 aromatic rings. The van der Waals surface area contributed by atoms with Crippen LogP contribution in [0.1, 0.15) is 24.7 Å². The first kappa shape index (κ1) is 18.1. The lowest BCUT2D eigenvalue weighted by atomic mass is 9.98. The van der Waals surface area contributed by atoms with Crippen molar-refractivity contribution in [2.75, 3.05) is 20.2 Å². The second-order valence-corrected chi connectivity index (χ2v) is 9.17. The number of nitrogens with zero attached hydrogens (tertiary/aromatic N) is 3. The molecule has 9 heteroatoms. The molecule has 0 bridgehead atoms. The van der Waals surface area contributed by atoms with Crippen molar-refractivity contribution in [1.82, 2.24) is 14.4 Å². The number of rotatable bonds is 5. The maximum absolute atomic E-state index is 12.8. The summed E-state index contributed by atoms with van der Waals surface area (Å²) in [6.07, 6.45) is 1.31. The highest BCUT2D eigenvalue weighted by Crippen LogP contribution is 2.32. The number of ether oxygens (including phenoxy) is 1. The minimum atomic E-state index is -3.51. The molecular formula is C18H19N3O4S2. The zero-order chi connectivity index (χ0) is 18.9. The summed E-state index contributed by atoms with van der Waals surface area (Å²) in [5, 5.41) is 6.01. The minimum Gasteiger partial charge on any atom is -0.497 e. The molecule has 0 amide bonds. The van der Waals surface area contributed by atoms with Crippen molar-refractivity contribution in [2.24, 2.45) is 0 Å². The smallest absolute Gasteiger partial charge is 0.243 e. The number of sulfonamides is 1. The summed E-state index contributed by atoms with van der Waals surface area (Å²) in [5.74, 6) is 1.88. The molecular weight excluding hydrogens is 386 g/mol. The van der Waals surface area contributed by atoms with Crippen LogP contribution in [0.15, 0.2) is 51.2 Å². The highest BCUT2D eigenvalue weighted by atomic mass is 32.2. The molecule has 1 aliphatic heterocycles. The van der Waals surface area contributed by atoms with Gasteiger partial charge in [0.05, 0.1) is 16.9 Å². The minimum absolute atomic E-state index is 0.0773. The molecule has 0 aliphatic carbocycles. The van der Waals surface area contributed by atoms with Crippen molar-refractivity contribution in [2.45, 2.75) is 23.7 Å². The quantitative estimate of drug-likeness (QED) is 0.647. The molecule has 0 N–H and O–H groups in total. The van der Waals surface area contributed by atoms with Crippen LogP contribution in [0.4, 0.5) is 0 Å². The van der Waals surface area contributed by atoms with Crippen LogP contribution in [-0.2, 0) is 10.0 Å². The third-order valence-electron chi connectivity index (χ3n) is 4.68. The highest BCUT2D eigenvalue weighted by molar-refractivity contribution is 7.89. The first-order valence-corrected chi connectivity index (χ1v) is 10.9. The lowest BCUT2D eigenvalue weighted by molar-refractivity contribution is 0.271. The monoisotopic (exact) mass is 405 g/mol. The number of thiophene rings is 1. The summed E-state index contributed by atoms with van der Waals surface area (Å²) >= 11 is 1.56. The average Bonchev–Trinajstić information content (AvgIpc) is 3.40. The first-order valence-electron chi connectivity index (χ1n) is 8.59. The van der Waals surface area contributed by atoms with Gasteiger partial charge >= 0.3 is 0 Å².